The fourth-order valence-corrected chi connectivity index (χ4v) is 6.61. The first-order valence-electron chi connectivity index (χ1n) is 17.5. The summed E-state index contributed by atoms with van der Waals surface area (Å²) in [7, 11) is 0. The van der Waals surface area contributed by atoms with Crippen LogP contribution in [0.3, 0.4) is 0 Å². The van der Waals surface area contributed by atoms with Gasteiger partial charge in [-0.25, -0.2) is 70.2 Å². The number of benzene rings is 6. The molecule has 0 aliphatic rings. The average Bonchev–Trinajstić information content (AvgIpc) is 3.24. The number of hydrogen-bond acceptors (Lipinski definition) is 2. The van der Waals surface area contributed by atoms with Gasteiger partial charge in [0.05, 0.1) is 0 Å². The molecule has 0 saturated heterocycles. The topological polar surface area (TPSA) is 6.48 Å². The number of halogens is 28. The minimum Gasteiger partial charge on any atom is -0.300 e. The smallest absolute Gasteiger partial charge is 0.300 e. The van der Waals surface area contributed by atoms with E-state index in [2.05, 4.69) is 0 Å². The molecule has 0 spiro atoms. The van der Waals surface area contributed by atoms with Crippen LogP contribution in [0.4, 0.5) is 157 Å². The molecular formula is C40H8F28N2. The summed E-state index contributed by atoms with van der Waals surface area (Å²) in [4.78, 5) is -1.98. The highest BCUT2D eigenvalue weighted by molar-refractivity contribution is 5.83. The molecule has 0 heterocycles. The molecule has 0 unspecified atom stereocenters. The molecular weight excluding hydrogens is 1040 g/mol. The first-order valence-corrected chi connectivity index (χ1v) is 17.5. The standard InChI is InChI=1S/C40H8F28N2/c41-17-13(37(57,58)59)18(42)26(50)33(25(17)49)69(34-27(51)19(43)14(38(60,61)62)20(44)28(34)52)11-5-1-9(2-6-11)10-3-7-12(8-4-10)70(35-29(53)21(45)15(39(63,64)65)22(46)30(35)54)36-31(55)23(47)16(40(66,67)68)24(48)32(36)56/h1-8H. The van der Waals surface area contributed by atoms with Crippen LogP contribution in [0.1, 0.15) is 22.3 Å². The molecule has 6 aromatic carbocycles. The minimum absolute atomic E-state index is 0.214. The van der Waals surface area contributed by atoms with Crippen molar-refractivity contribution in [1.29, 1.82) is 0 Å². The highest BCUT2D eigenvalue weighted by Crippen LogP contribution is 2.51. The quantitative estimate of drug-likeness (QED) is 0.116. The maximum Gasteiger partial charge on any atom is 0.422 e. The summed E-state index contributed by atoms with van der Waals surface area (Å²) < 4.78 is 402. The van der Waals surface area contributed by atoms with Gasteiger partial charge in [0.25, 0.3) is 0 Å². The molecule has 0 bridgehead atoms. The Labute approximate surface area is 366 Å². The fourth-order valence-electron chi connectivity index (χ4n) is 6.61. The zero-order valence-electron chi connectivity index (χ0n) is 32.1. The van der Waals surface area contributed by atoms with Gasteiger partial charge in [0.2, 0.25) is 0 Å². The van der Waals surface area contributed by atoms with Crippen LogP contribution in [0.2, 0.25) is 0 Å². The molecule has 30 heteroatoms. The predicted octanol–water partition coefficient (Wildman–Crippen LogP) is 16.6. The Bertz CT molecular complexity index is 2610. The molecule has 0 saturated carbocycles. The molecule has 0 N–H and O–H groups in total. The first kappa shape index (κ1) is 52.3. The third-order valence-electron chi connectivity index (χ3n) is 9.57. The van der Waals surface area contributed by atoms with Crippen LogP contribution in [0.25, 0.3) is 11.1 Å². The van der Waals surface area contributed by atoms with E-state index in [1.54, 1.807) is 0 Å². The van der Waals surface area contributed by atoms with Gasteiger partial charge < -0.3 is 0 Å². The van der Waals surface area contributed by atoms with Gasteiger partial charge in [0, 0.05) is 11.4 Å². The van der Waals surface area contributed by atoms with Crippen molar-refractivity contribution in [2.45, 2.75) is 24.7 Å². The van der Waals surface area contributed by atoms with Crippen LogP contribution in [0.15, 0.2) is 48.5 Å². The molecule has 6 aromatic rings. The Morgan fingerprint density at radius 3 is 0.486 bits per heavy atom. The average molecular weight is 1050 g/mol. The second kappa shape index (κ2) is 17.4. The van der Waals surface area contributed by atoms with Crippen molar-refractivity contribution in [2.75, 3.05) is 9.80 Å². The molecule has 0 fully saturated rings. The van der Waals surface area contributed by atoms with Gasteiger partial charge in [0.1, 0.15) is 45.0 Å². The van der Waals surface area contributed by atoms with E-state index in [0.29, 0.717) is 24.3 Å². The molecule has 70 heavy (non-hydrogen) atoms. The van der Waals surface area contributed by atoms with E-state index >= 15 is 35.1 Å². The van der Waals surface area contributed by atoms with Gasteiger partial charge in [-0.15, -0.1) is 0 Å². The van der Waals surface area contributed by atoms with E-state index in [4.69, 9.17) is 0 Å². The van der Waals surface area contributed by atoms with Crippen LogP contribution >= 0.6 is 0 Å². The van der Waals surface area contributed by atoms with E-state index in [9.17, 15) is 87.8 Å². The third kappa shape index (κ3) is 8.46. The monoisotopic (exact) mass is 1050 g/mol. The van der Waals surface area contributed by atoms with Crippen molar-refractivity contribution in [3.8, 4) is 11.1 Å². The van der Waals surface area contributed by atoms with Crippen molar-refractivity contribution in [2.24, 2.45) is 0 Å². The van der Waals surface area contributed by atoms with Crippen LogP contribution in [-0.2, 0) is 24.7 Å². The first-order chi connectivity index (χ1) is 32.0. The highest BCUT2D eigenvalue weighted by Gasteiger charge is 2.49. The van der Waals surface area contributed by atoms with Crippen LogP contribution < -0.4 is 9.80 Å². The van der Waals surface area contributed by atoms with Gasteiger partial charge in [-0.1, -0.05) is 24.3 Å². The van der Waals surface area contributed by atoms with E-state index in [1.807, 2.05) is 0 Å². The number of anilines is 6. The summed E-state index contributed by atoms with van der Waals surface area (Å²) >= 11 is 0. The summed E-state index contributed by atoms with van der Waals surface area (Å²) in [6.07, 6.45) is -25.2. The lowest BCUT2D eigenvalue weighted by atomic mass is 10.0. The number of alkyl halides is 12. The van der Waals surface area contributed by atoms with Gasteiger partial charge in [-0.05, 0) is 35.4 Å². The van der Waals surface area contributed by atoms with Gasteiger partial charge >= 0.3 is 24.7 Å². The second-order valence-electron chi connectivity index (χ2n) is 13.7. The zero-order valence-corrected chi connectivity index (χ0v) is 32.1. The van der Waals surface area contributed by atoms with Crippen molar-refractivity contribution < 1.29 is 123 Å². The van der Waals surface area contributed by atoms with E-state index < -0.39 is 195 Å². The Balaban J connectivity index is 1.59. The Morgan fingerprint density at radius 2 is 0.357 bits per heavy atom. The molecule has 0 radical (unpaired) electrons. The number of hydrogen-bond donors (Lipinski definition) is 0. The Hall–Kier alpha value is -7.04. The predicted molar refractivity (Wildman–Crippen MR) is 181 cm³/mol. The highest BCUT2D eigenvalue weighted by atomic mass is 19.4. The lowest BCUT2D eigenvalue weighted by molar-refractivity contribution is -0.144. The van der Waals surface area contributed by atoms with Crippen LogP contribution in [0, 0.1) is 93.1 Å². The second-order valence-corrected chi connectivity index (χ2v) is 13.7. The maximum atomic E-state index is 15.4. The molecule has 0 aliphatic heterocycles. The van der Waals surface area contributed by atoms with Crippen LogP contribution in [-0.4, -0.2) is 0 Å². The summed E-state index contributed by atoms with van der Waals surface area (Å²) in [6.45, 7) is 0. The van der Waals surface area contributed by atoms with Crippen LogP contribution in [0.5, 0.6) is 0 Å². The molecule has 0 atom stereocenters. The van der Waals surface area contributed by atoms with Crippen molar-refractivity contribution >= 4 is 34.1 Å². The zero-order chi connectivity index (χ0) is 53.0. The summed E-state index contributed by atoms with van der Waals surface area (Å²) in [5.74, 6) is -53.4. The molecule has 2 nitrogen and oxygen atoms in total. The normalized spacial score (nSPS) is 12.6. The minimum atomic E-state index is -6.31. The lowest BCUT2D eigenvalue weighted by Gasteiger charge is -2.29. The van der Waals surface area contributed by atoms with Crippen molar-refractivity contribution in [3.05, 3.63) is 164 Å². The molecule has 6 rings (SSSR count). The SMILES string of the molecule is Fc1c(F)c(C(F)(F)F)c(F)c(F)c1N(c1ccc(-c2ccc(N(c3c(F)c(F)c(C(F)(F)F)c(F)c3F)c3c(F)c(F)c(C(F)(F)F)c(F)c3F)cc2)cc1)c1c(F)c(F)c(C(F)(F)F)c(F)c1F. The Morgan fingerprint density at radius 1 is 0.214 bits per heavy atom. The van der Waals surface area contributed by atoms with Gasteiger partial charge in [0.15, 0.2) is 93.1 Å². The van der Waals surface area contributed by atoms with Crippen molar-refractivity contribution in [1.82, 2.24) is 0 Å². The Kier molecular flexibility index (Phi) is 13.0. The fraction of sp³-hybridized carbons (Fsp3) is 0.100. The lowest BCUT2D eigenvalue weighted by Crippen LogP contribution is -2.24. The van der Waals surface area contributed by atoms with Gasteiger partial charge in [-0.2, -0.15) is 52.7 Å². The van der Waals surface area contributed by atoms with E-state index in [0.717, 1.165) is 0 Å². The van der Waals surface area contributed by atoms with Crippen molar-refractivity contribution in [3.63, 3.8) is 0 Å². The van der Waals surface area contributed by atoms with Gasteiger partial charge in [-0.3, -0.25) is 9.80 Å². The summed E-state index contributed by atoms with van der Waals surface area (Å²) in [5, 5.41) is 0. The van der Waals surface area contributed by atoms with E-state index in [-0.39, 0.29) is 24.3 Å². The molecule has 0 aliphatic carbocycles. The number of nitrogens with zero attached hydrogens (tertiary/aromatic N) is 2. The molecule has 0 aromatic heterocycles. The largest absolute Gasteiger partial charge is 0.422 e. The third-order valence-corrected chi connectivity index (χ3v) is 9.57. The summed E-state index contributed by atoms with van der Waals surface area (Å²) in [5.41, 5.74) is -28.4. The molecule has 0 amide bonds. The number of rotatable bonds is 7. The summed E-state index contributed by atoms with van der Waals surface area (Å²) in [6, 6.07) is 2.72. The molecule has 374 valence electrons. The maximum absolute atomic E-state index is 15.4. The van der Waals surface area contributed by atoms with E-state index in [1.165, 1.54) is 0 Å².